The molecule has 0 fully saturated rings. The number of nitrogens with two attached hydrogens (primary N) is 1. The molecule has 1 aromatic heterocycles. The maximum absolute atomic E-state index is 12.7. The van der Waals surface area contributed by atoms with Crippen LogP contribution in [0.1, 0.15) is 5.56 Å². The number of anilines is 1. The molecule has 0 aliphatic heterocycles. The molecule has 0 radical (unpaired) electrons. The number of halogens is 2. The molecule has 0 saturated heterocycles. The fourth-order valence-electron chi connectivity index (χ4n) is 0.643. The van der Waals surface area contributed by atoms with Crippen LogP contribution in [0.25, 0.3) is 0 Å². The third kappa shape index (κ3) is 1.26. The Balaban J connectivity index is 3.31. The average Bonchev–Trinajstić information content (AvgIpc) is 1.82. The summed E-state index contributed by atoms with van der Waals surface area (Å²) in [5, 5.41) is 0. The number of pyridine rings is 1. The van der Waals surface area contributed by atoms with Crippen molar-refractivity contribution in [3.63, 3.8) is 0 Å². The van der Waals surface area contributed by atoms with Crippen molar-refractivity contribution in [1.82, 2.24) is 4.98 Å². The quantitative estimate of drug-likeness (QED) is 0.656. The van der Waals surface area contributed by atoms with Gasteiger partial charge < -0.3 is 5.73 Å². The van der Waals surface area contributed by atoms with Gasteiger partial charge in [0.1, 0.15) is 10.4 Å². The molecule has 0 bridgehead atoms. The summed E-state index contributed by atoms with van der Waals surface area (Å²) < 4.78 is 12.9. The first kappa shape index (κ1) is 7.47. The summed E-state index contributed by atoms with van der Waals surface area (Å²) in [7, 11) is 0. The fourth-order valence-corrected chi connectivity index (χ4v) is 1.16. The lowest BCUT2D eigenvalue weighted by Gasteiger charge is -1.98. The van der Waals surface area contributed by atoms with E-state index in [1.54, 1.807) is 6.92 Å². The average molecular weight is 205 g/mol. The van der Waals surface area contributed by atoms with E-state index in [1.807, 2.05) is 0 Å². The van der Waals surface area contributed by atoms with Gasteiger partial charge >= 0.3 is 0 Å². The highest BCUT2D eigenvalue weighted by molar-refractivity contribution is 9.10. The van der Waals surface area contributed by atoms with E-state index in [2.05, 4.69) is 20.9 Å². The summed E-state index contributed by atoms with van der Waals surface area (Å²) >= 11 is 2.93. The normalized spacial score (nSPS) is 9.90. The molecule has 0 unspecified atom stereocenters. The molecule has 0 aliphatic rings. The van der Waals surface area contributed by atoms with Crippen LogP contribution in [0.3, 0.4) is 0 Å². The van der Waals surface area contributed by atoms with Gasteiger partial charge in [0.2, 0.25) is 0 Å². The molecule has 0 aliphatic carbocycles. The second-order valence-electron chi connectivity index (χ2n) is 1.97. The number of hydrogen-bond acceptors (Lipinski definition) is 2. The van der Waals surface area contributed by atoms with Crippen LogP contribution in [0.15, 0.2) is 10.7 Å². The van der Waals surface area contributed by atoms with Crippen molar-refractivity contribution >= 4 is 21.7 Å². The second kappa shape index (κ2) is 2.54. The highest BCUT2D eigenvalue weighted by atomic mass is 79.9. The molecule has 1 aromatic rings. The van der Waals surface area contributed by atoms with Crippen LogP contribution in [0.5, 0.6) is 0 Å². The van der Waals surface area contributed by atoms with Gasteiger partial charge in [0.05, 0.1) is 0 Å². The highest BCUT2D eigenvalue weighted by Crippen LogP contribution is 2.17. The van der Waals surface area contributed by atoms with Crippen LogP contribution < -0.4 is 5.73 Å². The standard InChI is InChI=1S/C6H6BrFN2/c1-3-2-4(9)10-6(7)5(3)8/h2H,1H3,(H2,9,10). The van der Waals surface area contributed by atoms with Crippen LogP contribution in [-0.4, -0.2) is 4.98 Å². The van der Waals surface area contributed by atoms with Crippen molar-refractivity contribution in [1.29, 1.82) is 0 Å². The third-order valence-electron chi connectivity index (χ3n) is 1.12. The predicted molar refractivity (Wildman–Crippen MR) is 41.0 cm³/mol. The first-order valence-electron chi connectivity index (χ1n) is 2.69. The van der Waals surface area contributed by atoms with Crippen molar-refractivity contribution in [3.05, 3.63) is 22.1 Å². The van der Waals surface area contributed by atoms with Crippen molar-refractivity contribution in [2.24, 2.45) is 0 Å². The zero-order chi connectivity index (χ0) is 7.72. The molecule has 2 nitrogen and oxygen atoms in total. The Morgan fingerprint density at radius 1 is 1.70 bits per heavy atom. The SMILES string of the molecule is Cc1cc(N)nc(Br)c1F. The first-order valence-corrected chi connectivity index (χ1v) is 3.48. The first-order chi connectivity index (χ1) is 4.61. The molecule has 0 amide bonds. The number of hydrogen-bond donors (Lipinski definition) is 1. The second-order valence-corrected chi connectivity index (χ2v) is 2.72. The lowest BCUT2D eigenvalue weighted by molar-refractivity contribution is 0.604. The van der Waals surface area contributed by atoms with Gasteiger partial charge in [-0.1, -0.05) is 0 Å². The summed E-state index contributed by atoms with van der Waals surface area (Å²) in [6.07, 6.45) is 0. The largest absolute Gasteiger partial charge is 0.384 e. The molecule has 1 heterocycles. The van der Waals surface area contributed by atoms with Crippen molar-refractivity contribution in [2.45, 2.75) is 6.92 Å². The van der Waals surface area contributed by atoms with E-state index >= 15 is 0 Å². The van der Waals surface area contributed by atoms with Crippen LogP contribution in [0, 0.1) is 12.7 Å². The Hall–Kier alpha value is -0.640. The third-order valence-corrected chi connectivity index (χ3v) is 1.64. The zero-order valence-electron chi connectivity index (χ0n) is 5.36. The zero-order valence-corrected chi connectivity index (χ0v) is 6.94. The van der Waals surface area contributed by atoms with Gasteiger partial charge in [0.15, 0.2) is 5.82 Å². The molecule has 1 rings (SSSR count). The monoisotopic (exact) mass is 204 g/mol. The summed E-state index contributed by atoms with van der Waals surface area (Å²) in [4.78, 5) is 3.65. The van der Waals surface area contributed by atoms with E-state index in [4.69, 9.17) is 5.73 Å². The molecule has 4 heteroatoms. The molecule has 54 valence electrons. The molecular formula is C6H6BrFN2. The van der Waals surface area contributed by atoms with Gasteiger partial charge in [-0.3, -0.25) is 0 Å². The number of nitrogens with zero attached hydrogens (tertiary/aromatic N) is 1. The van der Waals surface area contributed by atoms with Gasteiger partial charge in [0, 0.05) is 0 Å². The van der Waals surface area contributed by atoms with Gasteiger partial charge in [-0.05, 0) is 34.5 Å². The molecule has 0 aromatic carbocycles. The minimum absolute atomic E-state index is 0.171. The van der Waals surface area contributed by atoms with Gasteiger partial charge in [-0.2, -0.15) is 0 Å². The summed E-state index contributed by atoms with van der Waals surface area (Å²) in [5.74, 6) is -0.0278. The van der Waals surface area contributed by atoms with E-state index in [1.165, 1.54) is 6.07 Å². The van der Waals surface area contributed by atoms with Crippen LogP contribution in [0.2, 0.25) is 0 Å². The summed E-state index contributed by atoms with van der Waals surface area (Å²) in [6, 6.07) is 1.49. The number of aryl methyl sites for hydroxylation is 1. The highest BCUT2D eigenvalue weighted by Gasteiger charge is 2.03. The van der Waals surface area contributed by atoms with Crippen molar-refractivity contribution < 1.29 is 4.39 Å². The van der Waals surface area contributed by atoms with Crippen molar-refractivity contribution in [3.8, 4) is 0 Å². The van der Waals surface area contributed by atoms with E-state index in [0.29, 0.717) is 11.4 Å². The van der Waals surface area contributed by atoms with Crippen molar-refractivity contribution in [2.75, 3.05) is 5.73 Å². The Morgan fingerprint density at radius 2 is 2.30 bits per heavy atom. The topological polar surface area (TPSA) is 38.9 Å². The van der Waals surface area contributed by atoms with Crippen LogP contribution >= 0.6 is 15.9 Å². The lowest BCUT2D eigenvalue weighted by atomic mass is 10.3. The minimum Gasteiger partial charge on any atom is -0.384 e. The van der Waals surface area contributed by atoms with Gasteiger partial charge in [-0.15, -0.1) is 0 Å². The van der Waals surface area contributed by atoms with E-state index in [9.17, 15) is 4.39 Å². The molecule has 2 N–H and O–H groups in total. The maximum Gasteiger partial charge on any atom is 0.159 e. The Kier molecular flexibility index (Phi) is 1.89. The Bertz CT molecular complexity index is 239. The lowest BCUT2D eigenvalue weighted by Crippen LogP contribution is -1.94. The predicted octanol–water partition coefficient (Wildman–Crippen LogP) is 1.87. The van der Waals surface area contributed by atoms with Gasteiger partial charge in [-0.25, -0.2) is 9.37 Å². The van der Waals surface area contributed by atoms with E-state index in [-0.39, 0.29) is 10.4 Å². The molecular weight excluding hydrogens is 199 g/mol. The van der Waals surface area contributed by atoms with Crippen LogP contribution in [-0.2, 0) is 0 Å². The maximum atomic E-state index is 12.7. The summed E-state index contributed by atoms with van der Waals surface area (Å²) in [6.45, 7) is 1.64. The Morgan fingerprint density at radius 3 is 2.80 bits per heavy atom. The Labute approximate surface area is 66.4 Å². The van der Waals surface area contributed by atoms with E-state index < -0.39 is 0 Å². The number of nitrogen functional groups attached to an aromatic ring is 1. The molecule has 0 atom stereocenters. The molecule has 10 heavy (non-hydrogen) atoms. The van der Waals surface area contributed by atoms with Crippen LogP contribution in [0.4, 0.5) is 10.2 Å². The summed E-state index contributed by atoms with van der Waals surface area (Å²) in [5.41, 5.74) is 5.82. The fraction of sp³-hybridized carbons (Fsp3) is 0.167. The smallest absolute Gasteiger partial charge is 0.159 e. The minimum atomic E-state index is -0.353. The number of aromatic nitrogens is 1. The molecule has 0 spiro atoms. The van der Waals surface area contributed by atoms with E-state index in [0.717, 1.165) is 0 Å². The van der Waals surface area contributed by atoms with Gasteiger partial charge in [0.25, 0.3) is 0 Å². The molecule has 0 saturated carbocycles. The number of rotatable bonds is 0.